The van der Waals surface area contributed by atoms with Gasteiger partial charge in [-0.3, -0.25) is 19.2 Å². The van der Waals surface area contributed by atoms with Gasteiger partial charge in [0.15, 0.2) is 0 Å². The van der Waals surface area contributed by atoms with Crippen molar-refractivity contribution in [2.45, 2.75) is 50.9 Å². The summed E-state index contributed by atoms with van der Waals surface area (Å²) in [6.07, 6.45) is -0.311. The van der Waals surface area contributed by atoms with E-state index < -0.39 is 60.2 Å². The maximum Gasteiger partial charge on any atom is 0.327 e. The van der Waals surface area contributed by atoms with E-state index in [0.29, 0.717) is 0 Å². The summed E-state index contributed by atoms with van der Waals surface area (Å²) in [7, 11) is 0. The molecule has 182 valence electrons. The first-order valence-corrected chi connectivity index (χ1v) is 10.9. The molecule has 0 saturated carbocycles. The number of amides is 4. The Morgan fingerprint density at radius 3 is 2.00 bits per heavy atom. The van der Waals surface area contributed by atoms with Crippen LogP contribution in [-0.4, -0.2) is 64.6 Å². The van der Waals surface area contributed by atoms with E-state index in [0.717, 1.165) is 5.56 Å². The summed E-state index contributed by atoms with van der Waals surface area (Å²) in [6, 6.07) is 4.15. The van der Waals surface area contributed by atoms with Crippen molar-refractivity contribution in [1.82, 2.24) is 16.0 Å². The highest BCUT2D eigenvalue weighted by atomic mass is 32.1. The molecule has 0 spiro atoms. The summed E-state index contributed by atoms with van der Waals surface area (Å²) < 4.78 is 0. The molecule has 0 radical (unpaired) electrons. The molecule has 0 aliphatic heterocycles. The number of rotatable bonds is 13. The molecular formula is C21H31N5O6S. The maximum atomic E-state index is 13.0. The summed E-state index contributed by atoms with van der Waals surface area (Å²) in [5.41, 5.74) is 11.4. The van der Waals surface area contributed by atoms with Crippen LogP contribution in [0.15, 0.2) is 30.3 Å². The average Bonchev–Trinajstić information content (AvgIpc) is 2.74. The molecule has 1 rings (SSSR count). The van der Waals surface area contributed by atoms with E-state index in [9.17, 15) is 29.1 Å². The van der Waals surface area contributed by atoms with Crippen LogP contribution in [-0.2, 0) is 30.4 Å². The van der Waals surface area contributed by atoms with Crippen LogP contribution >= 0.6 is 12.6 Å². The van der Waals surface area contributed by atoms with Crippen LogP contribution in [0.25, 0.3) is 0 Å². The molecule has 4 unspecified atom stereocenters. The molecule has 4 amide bonds. The molecule has 0 aliphatic carbocycles. The Balaban J connectivity index is 3.04. The van der Waals surface area contributed by atoms with Crippen molar-refractivity contribution in [3.63, 3.8) is 0 Å². The van der Waals surface area contributed by atoms with E-state index >= 15 is 0 Å². The molecule has 12 heteroatoms. The number of carboxylic acid groups (broad SMARTS) is 1. The second kappa shape index (κ2) is 13.4. The molecule has 11 nitrogen and oxygen atoms in total. The number of benzene rings is 1. The van der Waals surface area contributed by atoms with Crippen molar-refractivity contribution >= 4 is 42.2 Å². The van der Waals surface area contributed by atoms with E-state index in [-0.39, 0.29) is 18.1 Å². The van der Waals surface area contributed by atoms with Gasteiger partial charge < -0.3 is 32.5 Å². The molecule has 0 fully saturated rings. The highest BCUT2D eigenvalue weighted by Gasteiger charge is 2.31. The van der Waals surface area contributed by atoms with Gasteiger partial charge in [0.2, 0.25) is 23.6 Å². The number of carboxylic acids is 1. The zero-order valence-corrected chi connectivity index (χ0v) is 19.4. The zero-order valence-electron chi connectivity index (χ0n) is 18.5. The van der Waals surface area contributed by atoms with Gasteiger partial charge in [0, 0.05) is 12.2 Å². The molecule has 0 aromatic heterocycles. The molecule has 1 aromatic rings. The second-order valence-corrected chi connectivity index (χ2v) is 8.21. The Bertz CT molecular complexity index is 851. The monoisotopic (exact) mass is 481 g/mol. The van der Waals surface area contributed by atoms with Gasteiger partial charge >= 0.3 is 5.97 Å². The fourth-order valence-electron chi connectivity index (χ4n) is 2.88. The average molecular weight is 482 g/mol. The minimum atomic E-state index is -1.26. The lowest BCUT2D eigenvalue weighted by atomic mass is 10.00. The number of nitrogens with two attached hydrogens (primary N) is 2. The highest BCUT2D eigenvalue weighted by molar-refractivity contribution is 7.80. The summed E-state index contributed by atoms with van der Waals surface area (Å²) in [5, 5.41) is 16.6. The number of aliphatic carboxylic acids is 1. The molecule has 0 aliphatic rings. The predicted molar refractivity (Wildman–Crippen MR) is 124 cm³/mol. The van der Waals surface area contributed by atoms with Gasteiger partial charge in [0.1, 0.15) is 18.1 Å². The lowest BCUT2D eigenvalue weighted by molar-refractivity contribution is -0.141. The Kier molecular flexibility index (Phi) is 11.4. The third-order valence-electron chi connectivity index (χ3n) is 4.72. The largest absolute Gasteiger partial charge is 0.480 e. The van der Waals surface area contributed by atoms with E-state index in [1.54, 1.807) is 44.2 Å². The Labute approximate surface area is 197 Å². The van der Waals surface area contributed by atoms with Crippen LogP contribution in [0.2, 0.25) is 0 Å². The van der Waals surface area contributed by atoms with E-state index in [2.05, 4.69) is 28.6 Å². The third kappa shape index (κ3) is 9.49. The van der Waals surface area contributed by atoms with E-state index in [1.807, 2.05) is 0 Å². The van der Waals surface area contributed by atoms with Crippen LogP contribution < -0.4 is 27.4 Å². The number of carbonyl (C=O) groups excluding carboxylic acids is 4. The molecule has 0 heterocycles. The van der Waals surface area contributed by atoms with Gasteiger partial charge in [0.05, 0.1) is 12.5 Å². The molecule has 0 bridgehead atoms. The first-order valence-electron chi connectivity index (χ1n) is 10.3. The van der Waals surface area contributed by atoms with Crippen molar-refractivity contribution in [2.24, 2.45) is 17.4 Å². The number of thiol groups is 1. The summed E-state index contributed by atoms with van der Waals surface area (Å²) in [6.45, 7) is 3.36. The van der Waals surface area contributed by atoms with Crippen molar-refractivity contribution in [3.8, 4) is 0 Å². The van der Waals surface area contributed by atoms with Gasteiger partial charge in [-0.05, 0) is 11.5 Å². The number of primary amides is 1. The Morgan fingerprint density at radius 1 is 0.939 bits per heavy atom. The van der Waals surface area contributed by atoms with Crippen molar-refractivity contribution in [3.05, 3.63) is 35.9 Å². The van der Waals surface area contributed by atoms with Gasteiger partial charge in [-0.15, -0.1) is 0 Å². The first kappa shape index (κ1) is 27.9. The molecule has 8 N–H and O–H groups in total. The lowest BCUT2D eigenvalue weighted by Gasteiger charge is -2.27. The lowest BCUT2D eigenvalue weighted by Crippen LogP contribution is -2.59. The molecule has 1 aromatic carbocycles. The normalized spacial score (nSPS) is 14.5. The number of hydrogen-bond donors (Lipinski definition) is 7. The van der Waals surface area contributed by atoms with Crippen LogP contribution in [0.1, 0.15) is 25.8 Å². The predicted octanol–water partition coefficient (Wildman–Crippen LogP) is -1.44. The fourth-order valence-corrected chi connectivity index (χ4v) is 3.13. The number of nitrogens with one attached hydrogen (secondary N) is 3. The topological polar surface area (TPSA) is 194 Å². The van der Waals surface area contributed by atoms with Crippen LogP contribution in [0, 0.1) is 5.92 Å². The zero-order chi connectivity index (χ0) is 25.1. The Morgan fingerprint density at radius 2 is 1.52 bits per heavy atom. The van der Waals surface area contributed by atoms with Crippen molar-refractivity contribution in [2.75, 3.05) is 5.75 Å². The second-order valence-electron chi connectivity index (χ2n) is 7.84. The summed E-state index contributed by atoms with van der Waals surface area (Å²) >= 11 is 3.93. The molecule has 4 atom stereocenters. The van der Waals surface area contributed by atoms with Gasteiger partial charge in [-0.2, -0.15) is 12.6 Å². The number of carbonyl (C=O) groups is 5. The fraction of sp³-hybridized carbons (Fsp3) is 0.476. The van der Waals surface area contributed by atoms with Crippen LogP contribution in [0.5, 0.6) is 0 Å². The van der Waals surface area contributed by atoms with E-state index in [1.165, 1.54) is 0 Å². The molecule has 0 saturated heterocycles. The standard InChI is InChI=1S/C21H31N5O6S/c1-11(2)17(26-18(28)13(22)9-16(23)27)20(30)24-14(8-12-6-4-3-5-7-12)19(29)25-15(10-33)21(31)32/h3-7,11,13-15,17,33H,8-10,22H2,1-2H3,(H2,23,27)(H,24,30)(H,25,29)(H,26,28)(H,31,32). The van der Waals surface area contributed by atoms with Crippen molar-refractivity contribution in [1.29, 1.82) is 0 Å². The van der Waals surface area contributed by atoms with Gasteiger partial charge in [-0.1, -0.05) is 44.2 Å². The minimum Gasteiger partial charge on any atom is -0.480 e. The maximum absolute atomic E-state index is 13.0. The molecular weight excluding hydrogens is 450 g/mol. The SMILES string of the molecule is CC(C)C(NC(=O)C(N)CC(N)=O)C(=O)NC(Cc1ccccc1)C(=O)NC(CS)C(=O)O. The summed E-state index contributed by atoms with van der Waals surface area (Å²) in [4.78, 5) is 60.4. The Hall–Kier alpha value is -3.12. The first-order chi connectivity index (χ1) is 15.5. The smallest absolute Gasteiger partial charge is 0.327 e. The van der Waals surface area contributed by atoms with E-state index in [4.69, 9.17) is 11.5 Å². The van der Waals surface area contributed by atoms with Gasteiger partial charge in [0.25, 0.3) is 0 Å². The third-order valence-corrected chi connectivity index (χ3v) is 5.08. The molecule has 33 heavy (non-hydrogen) atoms. The quantitative estimate of drug-likeness (QED) is 0.168. The highest BCUT2D eigenvalue weighted by Crippen LogP contribution is 2.08. The number of hydrogen-bond acceptors (Lipinski definition) is 7. The van der Waals surface area contributed by atoms with Crippen LogP contribution in [0.4, 0.5) is 0 Å². The van der Waals surface area contributed by atoms with Gasteiger partial charge in [-0.25, -0.2) is 4.79 Å². The minimum absolute atomic E-state index is 0.0806. The summed E-state index contributed by atoms with van der Waals surface area (Å²) in [5.74, 6) is -4.69. The van der Waals surface area contributed by atoms with Crippen LogP contribution in [0.3, 0.4) is 0 Å². The van der Waals surface area contributed by atoms with Crippen molar-refractivity contribution < 1.29 is 29.1 Å².